The first-order valence-electron chi connectivity index (χ1n) is 11.8. The molecule has 0 bridgehead atoms. The van der Waals surface area contributed by atoms with Gasteiger partial charge in [0.25, 0.3) is 10.1 Å². The molecule has 0 N–H and O–H groups in total. The van der Waals surface area contributed by atoms with Crippen molar-refractivity contribution in [2.24, 2.45) is 5.92 Å². The van der Waals surface area contributed by atoms with Crippen LogP contribution in [0.2, 0.25) is 18.1 Å². The zero-order valence-corrected chi connectivity index (χ0v) is 25.0. The number of aryl methyl sites for hydroxylation is 1. The highest BCUT2D eigenvalue weighted by atomic mass is 32.2. The molecule has 2 aromatic rings. The van der Waals surface area contributed by atoms with Gasteiger partial charge in [-0.3, -0.25) is 4.18 Å². The van der Waals surface area contributed by atoms with Crippen molar-refractivity contribution in [3.05, 3.63) is 76.7 Å². The first-order chi connectivity index (χ1) is 16.0. The molecule has 0 aliphatic heterocycles. The predicted octanol–water partition coefficient (Wildman–Crippen LogP) is 6.75. The molecule has 35 heavy (non-hydrogen) atoms. The third kappa shape index (κ3) is 8.50. The average Bonchev–Trinajstić information content (AvgIpc) is 2.73. The lowest BCUT2D eigenvalue weighted by atomic mass is 10.0. The zero-order valence-electron chi connectivity index (χ0n) is 22.4. The van der Waals surface area contributed by atoms with E-state index in [1.54, 1.807) is 0 Å². The van der Waals surface area contributed by atoms with Crippen molar-refractivity contribution in [1.82, 2.24) is 0 Å². The number of hydrogen-bond donors (Lipinski definition) is 0. The normalized spacial score (nSPS) is 16.2. The number of benzene rings is 2. The minimum atomic E-state index is -3.91. The molecule has 3 atom stereocenters. The quantitative estimate of drug-likeness (QED) is 0.248. The van der Waals surface area contributed by atoms with Gasteiger partial charge in [-0.2, -0.15) is 8.42 Å². The van der Waals surface area contributed by atoms with E-state index >= 15 is 0 Å². The van der Waals surface area contributed by atoms with Gasteiger partial charge in [0.1, 0.15) is 12.2 Å². The monoisotopic (exact) mass is 536 g/mol. The summed E-state index contributed by atoms with van der Waals surface area (Å²) >= 11 is 0. The molecule has 5 nitrogen and oxygen atoms in total. The average molecular weight is 537 g/mol. The first-order valence-corrected chi connectivity index (χ1v) is 17.7. The molecule has 0 saturated heterocycles. The smallest absolute Gasteiger partial charge is 0.265 e. The summed E-state index contributed by atoms with van der Waals surface area (Å²) in [5.74, 6) is 0.00866. The van der Waals surface area contributed by atoms with Crippen molar-refractivity contribution in [3.63, 3.8) is 0 Å². The second-order valence-electron chi connectivity index (χ2n) is 10.8. The van der Waals surface area contributed by atoms with Crippen LogP contribution >= 0.6 is 0 Å². The Morgan fingerprint density at radius 3 is 2.00 bits per heavy atom. The number of hydrogen-bond acceptors (Lipinski definition) is 5. The van der Waals surface area contributed by atoms with E-state index < -0.39 is 41.4 Å². The lowest BCUT2D eigenvalue weighted by Crippen LogP contribution is -2.45. The molecule has 2 rings (SSSR count). The maximum atomic E-state index is 13.9. The molecule has 0 unspecified atom stereocenters. The van der Waals surface area contributed by atoms with Crippen molar-refractivity contribution in [1.29, 1.82) is 0 Å². The lowest BCUT2D eigenvalue weighted by Gasteiger charge is -2.41. The molecule has 0 heterocycles. The van der Waals surface area contributed by atoms with Gasteiger partial charge >= 0.3 is 0 Å². The van der Waals surface area contributed by atoms with Crippen molar-refractivity contribution in [2.75, 3.05) is 6.26 Å². The van der Waals surface area contributed by atoms with Crippen LogP contribution in [0.3, 0.4) is 0 Å². The van der Waals surface area contributed by atoms with Gasteiger partial charge in [0.15, 0.2) is 8.32 Å². The van der Waals surface area contributed by atoms with Gasteiger partial charge in [-0.1, -0.05) is 88.7 Å². The molecule has 0 aliphatic carbocycles. The van der Waals surface area contributed by atoms with E-state index in [9.17, 15) is 12.6 Å². The molecule has 2 aromatic carbocycles. The van der Waals surface area contributed by atoms with Gasteiger partial charge in [0, 0.05) is 4.90 Å². The van der Waals surface area contributed by atoms with Crippen molar-refractivity contribution < 1.29 is 21.2 Å². The van der Waals surface area contributed by atoms with E-state index in [4.69, 9.17) is 8.61 Å². The third-order valence-electron chi connectivity index (χ3n) is 6.14. The van der Waals surface area contributed by atoms with E-state index in [-0.39, 0.29) is 11.0 Å². The van der Waals surface area contributed by atoms with Crippen LogP contribution in [0.15, 0.2) is 70.5 Å². The Kier molecular flexibility index (Phi) is 9.86. The highest BCUT2D eigenvalue weighted by Gasteiger charge is 2.44. The van der Waals surface area contributed by atoms with Gasteiger partial charge in [-0.25, -0.2) is 4.21 Å². The third-order valence-corrected chi connectivity index (χ3v) is 12.6. The SMILES string of the molecule is Cc1ccc([S@](=O)/C(=C/C(C)C)[C@@H](OS(C)(=O)=O)[C@@H](O[Si](C)(C)C(C)(C)C)c2ccccc2)cc1. The number of allylic oxidation sites excluding steroid dienone is 1. The zero-order chi connectivity index (χ0) is 26.6. The molecule has 8 heteroatoms. The molecule has 0 fully saturated rings. The maximum Gasteiger partial charge on any atom is 0.265 e. The number of rotatable bonds is 10. The second-order valence-corrected chi connectivity index (χ2v) is 18.7. The Hall–Kier alpha value is -1.58. The fourth-order valence-electron chi connectivity index (χ4n) is 3.27. The van der Waals surface area contributed by atoms with E-state index in [1.807, 2.05) is 81.4 Å². The minimum absolute atomic E-state index is 0.00866. The summed E-state index contributed by atoms with van der Waals surface area (Å²) in [5, 5.41) is -0.131. The highest BCUT2D eigenvalue weighted by molar-refractivity contribution is 7.89. The maximum absolute atomic E-state index is 13.9. The first kappa shape index (κ1) is 29.6. The summed E-state index contributed by atoms with van der Waals surface area (Å²) in [6.45, 7) is 16.5. The van der Waals surface area contributed by atoms with Crippen molar-refractivity contribution in [3.8, 4) is 0 Å². The topological polar surface area (TPSA) is 69.7 Å². The molecule has 0 aromatic heterocycles. The second kappa shape index (κ2) is 11.6. The van der Waals surface area contributed by atoms with E-state index in [1.165, 1.54) is 0 Å². The molecule has 0 saturated carbocycles. The molecule has 0 spiro atoms. The van der Waals surface area contributed by atoms with Crippen LogP contribution in [0.5, 0.6) is 0 Å². The van der Waals surface area contributed by atoms with E-state index in [0.717, 1.165) is 17.4 Å². The Labute approximate surface area is 215 Å². The van der Waals surface area contributed by atoms with Gasteiger partial charge in [-0.05, 0) is 48.7 Å². The van der Waals surface area contributed by atoms with Gasteiger partial charge < -0.3 is 4.43 Å². The summed E-state index contributed by atoms with van der Waals surface area (Å²) < 4.78 is 51.6. The Morgan fingerprint density at radius 1 is 1.00 bits per heavy atom. The van der Waals surface area contributed by atoms with E-state index in [2.05, 4.69) is 33.9 Å². The van der Waals surface area contributed by atoms with Gasteiger partial charge in [0.2, 0.25) is 0 Å². The molecule has 0 radical (unpaired) electrons. The fourth-order valence-corrected chi connectivity index (χ4v) is 6.59. The van der Waals surface area contributed by atoms with Gasteiger partial charge in [-0.15, -0.1) is 0 Å². The summed E-state index contributed by atoms with van der Waals surface area (Å²) in [7, 11) is -7.96. The van der Waals surface area contributed by atoms with Crippen LogP contribution in [0.25, 0.3) is 0 Å². The minimum Gasteiger partial charge on any atom is -0.407 e. The van der Waals surface area contributed by atoms with Gasteiger partial charge in [0.05, 0.1) is 22.0 Å². The summed E-state index contributed by atoms with van der Waals surface area (Å²) in [5.41, 5.74) is 1.83. The Morgan fingerprint density at radius 2 is 1.54 bits per heavy atom. The van der Waals surface area contributed by atoms with Crippen molar-refractivity contribution in [2.45, 2.75) is 76.8 Å². The van der Waals surface area contributed by atoms with Crippen LogP contribution in [0, 0.1) is 12.8 Å². The Bertz CT molecular complexity index is 1130. The van der Waals surface area contributed by atoms with Crippen LogP contribution < -0.4 is 0 Å². The molecule has 0 amide bonds. The molecule has 194 valence electrons. The summed E-state index contributed by atoms with van der Waals surface area (Å²) in [6.07, 6.45) is 1.02. The summed E-state index contributed by atoms with van der Waals surface area (Å²) in [4.78, 5) is 0.977. The van der Waals surface area contributed by atoms with Crippen LogP contribution in [0.1, 0.15) is 51.8 Å². The molecular weight excluding hydrogens is 497 g/mol. The molecule has 0 aliphatic rings. The predicted molar refractivity (Wildman–Crippen MR) is 148 cm³/mol. The van der Waals surface area contributed by atoms with Crippen molar-refractivity contribution >= 4 is 29.2 Å². The lowest BCUT2D eigenvalue weighted by molar-refractivity contribution is 0.0735. The Balaban J connectivity index is 2.77. The van der Waals surface area contributed by atoms with Crippen LogP contribution in [-0.4, -0.2) is 33.3 Å². The highest BCUT2D eigenvalue weighted by Crippen LogP contribution is 2.43. The summed E-state index contributed by atoms with van der Waals surface area (Å²) in [6, 6.07) is 16.9. The molecular formula is C27H40O5S2Si. The largest absolute Gasteiger partial charge is 0.407 e. The van der Waals surface area contributed by atoms with Crippen LogP contribution in [0.4, 0.5) is 0 Å². The standard InChI is InChI=1S/C27H40O5S2Si/c1-20(2)19-24(33(28)23-17-15-21(3)16-18-23)26(31-34(7,29)30)25(22-13-11-10-12-14-22)32-35(8,9)27(4,5)6/h10-20,25-26H,1-9H3/b24-19+/t25-,26+,33-/m0/s1. The van der Waals surface area contributed by atoms with E-state index in [0.29, 0.717) is 9.80 Å². The fraction of sp³-hybridized carbons (Fsp3) is 0.481. The van der Waals surface area contributed by atoms with Crippen LogP contribution in [-0.2, 0) is 29.5 Å².